The van der Waals surface area contributed by atoms with E-state index in [0.717, 1.165) is 24.1 Å². The lowest BCUT2D eigenvalue weighted by atomic mass is 10.2. The van der Waals surface area contributed by atoms with Gasteiger partial charge < -0.3 is 5.73 Å². The third kappa shape index (κ3) is 3.07. The summed E-state index contributed by atoms with van der Waals surface area (Å²) in [6.07, 6.45) is 3.19. The molecule has 1 saturated carbocycles. The Morgan fingerprint density at radius 2 is 2.29 bits per heavy atom. The number of sulfonamides is 1. The average Bonchev–Trinajstić information content (AvgIpc) is 2.84. The predicted molar refractivity (Wildman–Crippen MR) is 69.3 cm³/mol. The van der Waals surface area contributed by atoms with Crippen molar-refractivity contribution in [1.29, 1.82) is 0 Å². The summed E-state index contributed by atoms with van der Waals surface area (Å²) in [4.78, 5) is 0.895. The summed E-state index contributed by atoms with van der Waals surface area (Å²) in [7, 11) is -3.32. The summed E-state index contributed by atoms with van der Waals surface area (Å²) < 4.78 is 27.2. The zero-order valence-electron chi connectivity index (χ0n) is 9.85. The molecule has 0 amide bonds. The third-order valence-corrected chi connectivity index (χ3v) is 6.08. The number of hydrogen-bond donors (Lipinski definition) is 2. The first-order valence-electron chi connectivity index (χ1n) is 5.88. The Bertz CT molecular complexity index is 481. The fourth-order valence-electron chi connectivity index (χ4n) is 1.95. The molecule has 0 radical (unpaired) electrons. The van der Waals surface area contributed by atoms with E-state index in [2.05, 4.69) is 11.6 Å². The normalized spacial score (nSPS) is 23.9. The van der Waals surface area contributed by atoms with E-state index >= 15 is 0 Å². The number of nitrogens with one attached hydrogen (secondary N) is 1. The van der Waals surface area contributed by atoms with Crippen molar-refractivity contribution in [1.82, 2.24) is 4.72 Å². The van der Waals surface area contributed by atoms with Crippen LogP contribution in [-0.4, -0.2) is 14.5 Å². The highest BCUT2D eigenvalue weighted by molar-refractivity contribution is 7.91. The van der Waals surface area contributed by atoms with Gasteiger partial charge in [-0.15, -0.1) is 11.3 Å². The van der Waals surface area contributed by atoms with E-state index in [9.17, 15) is 8.42 Å². The second kappa shape index (κ2) is 5.06. The predicted octanol–water partition coefficient (Wildman–Crippen LogP) is 1.67. The highest BCUT2D eigenvalue weighted by Gasteiger charge is 2.39. The maximum absolute atomic E-state index is 12.0. The summed E-state index contributed by atoms with van der Waals surface area (Å²) in [5.74, 6) is 0.531. The van der Waals surface area contributed by atoms with Crippen LogP contribution in [0.15, 0.2) is 16.3 Å². The molecule has 1 aromatic rings. The monoisotopic (exact) mass is 274 g/mol. The van der Waals surface area contributed by atoms with E-state index in [0.29, 0.717) is 16.7 Å². The summed E-state index contributed by atoms with van der Waals surface area (Å²) >= 11 is 1.25. The van der Waals surface area contributed by atoms with Crippen molar-refractivity contribution in [3.05, 3.63) is 17.0 Å². The summed E-state index contributed by atoms with van der Waals surface area (Å²) in [5.41, 5.74) is 5.48. The highest BCUT2D eigenvalue weighted by Crippen LogP contribution is 2.36. The Labute approximate surface area is 106 Å². The molecule has 2 atom stereocenters. The lowest BCUT2D eigenvalue weighted by molar-refractivity contribution is 0.575. The van der Waals surface area contributed by atoms with Gasteiger partial charge in [-0.25, -0.2) is 13.1 Å². The maximum Gasteiger partial charge on any atom is 0.250 e. The van der Waals surface area contributed by atoms with Crippen molar-refractivity contribution < 1.29 is 8.42 Å². The number of hydrogen-bond acceptors (Lipinski definition) is 4. The van der Waals surface area contributed by atoms with Crippen LogP contribution in [0.2, 0.25) is 0 Å². The molecule has 4 nitrogen and oxygen atoms in total. The molecule has 0 aliphatic heterocycles. The van der Waals surface area contributed by atoms with Gasteiger partial charge in [0.05, 0.1) is 0 Å². The van der Waals surface area contributed by atoms with E-state index in [4.69, 9.17) is 5.73 Å². The smallest absolute Gasteiger partial charge is 0.250 e. The maximum atomic E-state index is 12.0. The largest absolute Gasteiger partial charge is 0.326 e. The van der Waals surface area contributed by atoms with Crippen LogP contribution in [0.25, 0.3) is 0 Å². The molecule has 0 saturated heterocycles. The first-order valence-corrected chi connectivity index (χ1v) is 8.18. The minimum absolute atomic E-state index is 0.142. The van der Waals surface area contributed by atoms with E-state index in [1.54, 1.807) is 12.1 Å². The molecule has 0 aromatic carbocycles. The molecule has 1 fully saturated rings. The van der Waals surface area contributed by atoms with Crippen LogP contribution in [0.5, 0.6) is 0 Å². The van der Waals surface area contributed by atoms with Crippen molar-refractivity contribution in [2.24, 2.45) is 11.7 Å². The lowest BCUT2D eigenvalue weighted by Gasteiger charge is -2.03. The molecular weight excluding hydrogens is 256 g/mol. The van der Waals surface area contributed by atoms with Gasteiger partial charge in [0.1, 0.15) is 4.21 Å². The van der Waals surface area contributed by atoms with Crippen LogP contribution >= 0.6 is 11.3 Å². The molecule has 2 unspecified atom stereocenters. The molecule has 1 aromatic heterocycles. The highest BCUT2D eigenvalue weighted by atomic mass is 32.2. The number of nitrogens with two attached hydrogens (primary N) is 1. The molecule has 0 bridgehead atoms. The van der Waals surface area contributed by atoms with Crippen molar-refractivity contribution in [2.75, 3.05) is 0 Å². The zero-order valence-corrected chi connectivity index (χ0v) is 11.5. The molecule has 3 N–H and O–H groups in total. The minimum atomic E-state index is -3.32. The zero-order chi connectivity index (χ0) is 12.5. The van der Waals surface area contributed by atoms with Crippen molar-refractivity contribution in [2.45, 2.75) is 43.0 Å². The quantitative estimate of drug-likeness (QED) is 0.829. The topological polar surface area (TPSA) is 72.2 Å². The van der Waals surface area contributed by atoms with Crippen molar-refractivity contribution >= 4 is 21.4 Å². The van der Waals surface area contributed by atoms with Crippen molar-refractivity contribution in [3.63, 3.8) is 0 Å². The Morgan fingerprint density at radius 1 is 1.53 bits per heavy atom. The Kier molecular flexibility index (Phi) is 3.87. The molecule has 1 aliphatic carbocycles. The van der Waals surface area contributed by atoms with Crippen molar-refractivity contribution in [3.8, 4) is 0 Å². The fourth-order valence-corrected chi connectivity index (χ4v) is 4.52. The van der Waals surface area contributed by atoms with Gasteiger partial charge in [-0.2, -0.15) is 0 Å². The second-order valence-corrected chi connectivity index (χ2v) is 7.55. The van der Waals surface area contributed by atoms with Crippen LogP contribution in [0.3, 0.4) is 0 Å². The van der Waals surface area contributed by atoms with Gasteiger partial charge in [0.15, 0.2) is 0 Å². The third-order valence-electron chi connectivity index (χ3n) is 2.99. The van der Waals surface area contributed by atoms with Crippen LogP contribution in [-0.2, 0) is 16.6 Å². The van der Waals surface area contributed by atoms with Gasteiger partial charge in [-0.05, 0) is 30.9 Å². The first-order chi connectivity index (χ1) is 8.06. The molecule has 1 aliphatic rings. The van der Waals surface area contributed by atoms with E-state index < -0.39 is 10.0 Å². The van der Waals surface area contributed by atoms with Gasteiger partial charge in [-0.3, -0.25) is 0 Å². The lowest BCUT2D eigenvalue weighted by Crippen LogP contribution is -2.26. The summed E-state index contributed by atoms with van der Waals surface area (Å²) in [6, 6.07) is 3.55. The van der Waals surface area contributed by atoms with Gasteiger partial charge in [-0.1, -0.05) is 13.3 Å². The van der Waals surface area contributed by atoms with Gasteiger partial charge in [0.25, 0.3) is 0 Å². The molecular formula is C11H18N2O2S2. The van der Waals surface area contributed by atoms with Gasteiger partial charge in [0.2, 0.25) is 10.0 Å². The number of rotatable bonds is 6. The standard InChI is InChI=1S/C11H18N2O2S2/c1-2-3-8-6-10(8)13-17(14,15)11-5-4-9(7-12)16-11/h4-5,8,10,13H,2-3,6-7,12H2,1H3. The van der Waals surface area contributed by atoms with Crippen LogP contribution < -0.4 is 10.5 Å². The molecule has 2 rings (SSSR count). The molecule has 96 valence electrons. The average molecular weight is 274 g/mol. The van der Waals surface area contributed by atoms with E-state index in [1.807, 2.05) is 0 Å². The SMILES string of the molecule is CCCC1CC1NS(=O)(=O)c1ccc(CN)s1. The van der Waals surface area contributed by atoms with Crippen LogP contribution in [0.4, 0.5) is 0 Å². The molecule has 0 spiro atoms. The van der Waals surface area contributed by atoms with E-state index in [1.165, 1.54) is 11.3 Å². The van der Waals surface area contributed by atoms with Crippen LogP contribution in [0, 0.1) is 5.92 Å². The van der Waals surface area contributed by atoms with Gasteiger partial charge >= 0.3 is 0 Å². The van der Waals surface area contributed by atoms with E-state index in [-0.39, 0.29) is 6.04 Å². The number of thiophene rings is 1. The fraction of sp³-hybridized carbons (Fsp3) is 0.636. The minimum Gasteiger partial charge on any atom is -0.326 e. The Morgan fingerprint density at radius 3 is 2.88 bits per heavy atom. The molecule has 6 heteroatoms. The Hall–Kier alpha value is -0.430. The van der Waals surface area contributed by atoms with Crippen LogP contribution in [0.1, 0.15) is 31.1 Å². The Balaban J connectivity index is 2.00. The first kappa shape index (κ1) is 13.0. The molecule has 1 heterocycles. The second-order valence-electron chi connectivity index (χ2n) is 4.44. The summed E-state index contributed by atoms with van der Waals surface area (Å²) in [5, 5.41) is 0. The summed E-state index contributed by atoms with van der Waals surface area (Å²) in [6.45, 7) is 2.51. The van der Waals surface area contributed by atoms with Gasteiger partial charge in [0, 0.05) is 17.5 Å². The molecule has 17 heavy (non-hydrogen) atoms.